The number of nitrogens with zero attached hydrogens (tertiary/aromatic N) is 1. The number of amides is 2. The second kappa shape index (κ2) is 10.4. The monoisotopic (exact) mass is 397 g/mol. The first-order valence-corrected chi connectivity index (χ1v) is 9.62. The maximum absolute atomic E-state index is 13.4. The van der Waals surface area contributed by atoms with Gasteiger partial charge in [0.05, 0.1) is 12.2 Å². The number of rotatable bonds is 4. The summed E-state index contributed by atoms with van der Waals surface area (Å²) in [6, 6.07) is 3.28. The molecule has 2 aliphatic rings. The van der Waals surface area contributed by atoms with Crippen molar-refractivity contribution < 1.29 is 18.4 Å². The first-order chi connectivity index (χ1) is 13.0. The van der Waals surface area contributed by atoms with E-state index in [1.807, 2.05) is 4.90 Å². The van der Waals surface area contributed by atoms with Crippen molar-refractivity contribution in [3.8, 4) is 0 Å². The van der Waals surface area contributed by atoms with E-state index in [1.165, 1.54) is 12.1 Å². The van der Waals surface area contributed by atoms with Gasteiger partial charge in [-0.15, -0.1) is 0 Å². The third kappa shape index (κ3) is 6.77. The van der Waals surface area contributed by atoms with Crippen molar-refractivity contribution in [2.45, 2.75) is 34.6 Å². The van der Waals surface area contributed by atoms with E-state index < -0.39 is 11.6 Å². The van der Waals surface area contributed by atoms with E-state index in [2.05, 4.69) is 45.3 Å². The van der Waals surface area contributed by atoms with E-state index in [-0.39, 0.29) is 18.1 Å². The molecular formula is C21H33F2N3O2. The Bertz CT molecular complexity index is 648. The highest BCUT2D eigenvalue weighted by molar-refractivity contribution is 5.81. The Morgan fingerprint density at radius 3 is 2.18 bits per heavy atom. The summed E-state index contributed by atoms with van der Waals surface area (Å²) in [6.45, 7) is 12.6. The van der Waals surface area contributed by atoms with Crippen LogP contribution in [0.5, 0.6) is 0 Å². The predicted molar refractivity (Wildman–Crippen MR) is 108 cm³/mol. The smallest absolute Gasteiger partial charge is 0.241 e. The normalized spacial score (nSPS) is 20.8. The van der Waals surface area contributed by atoms with Crippen molar-refractivity contribution in [2.24, 2.45) is 23.2 Å². The molecule has 2 atom stereocenters. The van der Waals surface area contributed by atoms with Gasteiger partial charge in [-0.05, 0) is 35.3 Å². The number of piperidine rings is 1. The summed E-state index contributed by atoms with van der Waals surface area (Å²) in [6.07, 6.45) is 0.625. The fraction of sp³-hybridized carbons (Fsp3) is 0.619. The molecule has 0 spiro atoms. The first-order valence-electron chi connectivity index (χ1n) is 9.62. The number of benzene rings is 1. The number of carbonyl (C=O) groups is 2. The molecule has 1 saturated carbocycles. The molecule has 1 aliphatic carbocycles. The molecule has 1 saturated heterocycles. The lowest BCUT2D eigenvalue weighted by Gasteiger charge is -2.22. The van der Waals surface area contributed by atoms with E-state index in [1.54, 1.807) is 7.05 Å². The van der Waals surface area contributed by atoms with E-state index in [4.69, 9.17) is 4.79 Å². The molecule has 1 aromatic carbocycles. The quantitative estimate of drug-likeness (QED) is 0.765. The van der Waals surface area contributed by atoms with Gasteiger partial charge in [-0.1, -0.05) is 34.6 Å². The van der Waals surface area contributed by atoms with Gasteiger partial charge in [0.2, 0.25) is 12.3 Å². The van der Waals surface area contributed by atoms with Gasteiger partial charge in [-0.3, -0.25) is 9.59 Å². The van der Waals surface area contributed by atoms with E-state index in [9.17, 15) is 13.6 Å². The molecule has 0 bridgehead atoms. The van der Waals surface area contributed by atoms with Crippen LogP contribution in [0.4, 0.5) is 14.5 Å². The van der Waals surface area contributed by atoms with Gasteiger partial charge in [0.15, 0.2) is 0 Å². The molecule has 2 N–H and O–H groups in total. The zero-order valence-electron chi connectivity index (χ0n) is 17.7. The predicted octanol–water partition coefficient (Wildman–Crippen LogP) is 3.52. The molecule has 5 nitrogen and oxygen atoms in total. The van der Waals surface area contributed by atoms with Crippen LogP contribution in [0.1, 0.15) is 34.6 Å². The molecule has 28 heavy (non-hydrogen) atoms. The largest absolute Gasteiger partial charge is 0.374 e. The fourth-order valence-corrected chi connectivity index (χ4v) is 3.25. The van der Waals surface area contributed by atoms with Gasteiger partial charge in [0.1, 0.15) is 11.6 Å². The number of fused-ring (bicyclic) bond motifs is 1. The molecule has 0 aromatic heterocycles. The summed E-state index contributed by atoms with van der Waals surface area (Å²) >= 11 is 0. The topological polar surface area (TPSA) is 61.4 Å². The summed E-state index contributed by atoms with van der Waals surface area (Å²) in [5.41, 5.74) is 0.525. The Kier molecular flexibility index (Phi) is 8.85. The third-order valence-electron chi connectivity index (χ3n) is 4.95. The highest BCUT2D eigenvalue weighted by Crippen LogP contribution is 2.61. The molecule has 7 heteroatoms. The lowest BCUT2D eigenvalue weighted by Crippen LogP contribution is -2.36. The summed E-state index contributed by atoms with van der Waals surface area (Å²) < 4.78 is 26.2. The van der Waals surface area contributed by atoms with Crippen LogP contribution in [-0.4, -0.2) is 43.9 Å². The van der Waals surface area contributed by atoms with Crippen molar-refractivity contribution in [1.29, 1.82) is 0 Å². The number of hydrogen-bond acceptors (Lipinski definition) is 3. The molecule has 158 valence electrons. The second-order valence-electron chi connectivity index (χ2n) is 8.45. The first kappa shape index (κ1) is 23.9. The van der Waals surface area contributed by atoms with Crippen LogP contribution in [-0.2, 0) is 9.59 Å². The van der Waals surface area contributed by atoms with Crippen LogP contribution in [0.3, 0.4) is 0 Å². The van der Waals surface area contributed by atoms with Crippen molar-refractivity contribution in [1.82, 2.24) is 10.2 Å². The van der Waals surface area contributed by atoms with Crippen molar-refractivity contribution in [3.63, 3.8) is 0 Å². The number of hydrogen-bond donors (Lipinski definition) is 2. The summed E-state index contributed by atoms with van der Waals surface area (Å²) in [7, 11) is 1.56. The lowest BCUT2D eigenvalue weighted by atomic mass is 10.1. The molecule has 1 heterocycles. The second-order valence-corrected chi connectivity index (χ2v) is 8.45. The molecule has 2 unspecified atom stereocenters. The Morgan fingerprint density at radius 1 is 1.25 bits per heavy atom. The van der Waals surface area contributed by atoms with Crippen molar-refractivity contribution in [3.05, 3.63) is 29.8 Å². The average Bonchev–Trinajstić information content (AvgIpc) is 2.98. The van der Waals surface area contributed by atoms with Gasteiger partial charge >= 0.3 is 0 Å². The lowest BCUT2D eigenvalue weighted by molar-refractivity contribution is -0.129. The van der Waals surface area contributed by atoms with Crippen LogP contribution in [0, 0.1) is 34.8 Å². The van der Waals surface area contributed by atoms with E-state index in [0.29, 0.717) is 23.7 Å². The van der Waals surface area contributed by atoms with Crippen LogP contribution in [0.2, 0.25) is 0 Å². The zero-order chi connectivity index (χ0) is 21.5. The van der Waals surface area contributed by atoms with Crippen LogP contribution in [0.25, 0.3) is 0 Å². The van der Waals surface area contributed by atoms with Gasteiger partial charge in [0, 0.05) is 26.2 Å². The summed E-state index contributed by atoms with van der Waals surface area (Å²) in [5.74, 6) is 0.712. The minimum Gasteiger partial charge on any atom is -0.374 e. The SMILES string of the molecule is CC(C)C.CC1(C)C2CN(C(=O)CNc3ccc(F)cc3F)CC21.CNC=O. The highest BCUT2D eigenvalue weighted by atomic mass is 19.1. The molecule has 1 aromatic rings. The van der Waals surface area contributed by atoms with Crippen molar-refractivity contribution >= 4 is 18.0 Å². The maximum atomic E-state index is 13.4. The average molecular weight is 398 g/mol. The Morgan fingerprint density at radius 2 is 1.75 bits per heavy atom. The molecular weight excluding hydrogens is 364 g/mol. The van der Waals surface area contributed by atoms with Gasteiger partial charge in [0.25, 0.3) is 0 Å². The third-order valence-corrected chi connectivity index (χ3v) is 4.95. The number of halogens is 2. The van der Waals surface area contributed by atoms with Gasteiger partial charge < -0.3 is 15.5 Å². The molecule has 2 fully saturated rings. The van der Waals surface area contributed by atoms with E-state index in [0.717, 1.165) is 25.1 Å². The summed E-state index contributed by atoms with van der Waals surface area (Å²) in [5, 5.41) is 4.98. The minimum absolute atomic E-state index is 0.0308. The maximum Gasteiger partial charge on any atom is 0.241 e. The molecule has 3 rings (SSSR count). The van der Waals surface area contributed by atoms with Gasteiger partial charge in [-0.2, -0.15) is 0 Å². The zero-order valence-corrected chi connectivity index (χ0v) is 17.7. The number of nitrogens with one attached hydrogen (secondary N) is 2. The number of carbonyl (C=O) groups excluding carboxylic acids is 2. The fourth-order valence-electron chi connectivity index (χ4n) is 3.25. The molecule has 0 radical (unpaired) electrons. The highest BCUT2D eigenvalue weighted by Gasteiger charge is 2.62. The Labute approximate surface area is 166 Å². The Hall–Kier alpha value is -2.18. The molecule has 1 aliphatic heterocycles. The van der Waals surface area contributed by atoms with Crippen LogP contribution >= 0.6 is 0 Å². The number of likely N-dealkylation sites (tertiary alicyclic amines) is 1. The Balaban J connectivity index is 0.000000420. The van der Waals surface area contributed by atoms with Crippen LogP contribution in [0.15, 0.2) is 18.2 Å². The van der Waals surface area contributed by atoms with E-state index >= 15 is 0 Å². The minimum atomic E-state index is -0.678. The number of anilines is 1. The van der Waals surface area contributed by atoms with Crippen molar-refractivity contribution in [2.75, 3.05) is 32.0 Å². The standard InChI is InChI=1S/C15H18F2N2O.C4H10.C2H5NO/c1-15(2)10-7-19(8-11(10)15)14(20)6-18-13-4-3-9(16)5-12(13)17;1-4(2)3;1-3-2-4/h3-5,10-11,18H,6-8H2,1-2H3;4H,1-3H3;2H,1H3,(H,3,4). The van der Waals surface area contributed by atoms with Gasteiger partial charge in [-0.25, -0.2) is 8.78 Å². The molecule has 2 amide bonds. The van der Waals surface area contributed by atoms with Crippen LogP contribution < -0.4 is 10.6 Å². The summed E-state index contributed by atoms with van der Waals surface area (Å²) in [4.78, 5) is 22.9.